The van der Waals surface area contributed by atoms with E-state index in [1.165, 1.54) is 5.56 Å². The fourth-order valence-corrected chi connectivity index (χ4v) is 4.08. The highest BCUT2D eigenvalue weighted by Crippen LogP contribution is 2.34. The van der Waals surface area contributed by atoms with Gasteiger partial charge in [-0.1, -0.05) is 25.1 Å². The Morgan fingerprint density at radius 1 is 1.43 bits per heavy atom. The van der Waals surface area contributed by atoms with E-state index in [0.29, 0.717) is 0 Å². The number of benzene rings is 1. The van der Waals surface area contributed by atoms with Crippen molar-refractivity contribution in [3.63, 3.8) is 0 Å². The Kier molecular flexibility index (Phi) is 4.47. The first kappa shape index (κ1) is 16.5. The van der Waals surface area contributed by atoms with E-state index in [1.807, 2.05) is 24.0 Å². The number of aliphatic hydroxyl groups excluding tert-OH is 1. The predicted molar refractivity (Wildman–Crippen MR) is 92.6 cm³/mol. The molecular formula is C19H28N2O2. The summed E-state index contributed by atoms with van der Waals surface area (Å²) in [5.41, 5.74) is 2.25. The van der Waals surface area contributed by atoms with Crippen molar-refractivity contribution in [3.8, 4) is 0 Å². The molecule has 2 heterocycles. The number of para-hydroxylation sites is 1. The molecule has 0 radical (unpaired) electrons. The highest BCUT2D eigenvalue weighted by molar-refractivity contribution is 5.99. The van der Waals surface area contributed by atoms with E-state index in [2.05, 4.69) is 30.9 Å². The molecule has 0 saturated carbocycles. The SMILES string of the molecule is CC(C(=O)N1c2ccccc2CC1C)N1CCCC(C)(CO)C1. The van der Waals surface area contributed by atoms with Gasteiger partial charge in [-0.3, -0.25) is 9.69 Å². The quantitative estimate of drug-likeness (QED) is 0.931. The number of fused-ring (bicyclic) bond motifs is 1. The lowest BCUT2D eigenvalue weighted by molar-refractivity contribution is -0.125. The van der Waals surface area contributed by atoms with Gasteiger partial charge in [0.1, 0.15) is 0 Å². The molecule has 0 spiro atoms. The van der Waals surface area contributed by atoms with Gasteiger partial charge in [0.25, 0.3) is 0 Å². The first-order chi connectivity index (χ1) is 10.9. The number of aliphatic hydroxyl groups is 1. The number of nitrogens with zero attached hydrogens (tertiary/aromatic N) is 2. The number of rotatable bonds is 3. The lowest BCUT2D eigenvalue weighted by atomic mass is 9.82. The van der Waals surface area contributed by atoms with Crippen LogP contribution in [0, 0.1) is 5.41 Å². The van der Waals surface area contributed by atoms with E-state index in [-0.39, 0.29) is 30.0 Å². The van der Waals surface area contributed by atoms with Crippen LogP contribution in [0.4, 0.5) is 5.69 Å². The van der Waals surface area contributed by atoms with Crippen LogP contribution in [0.3, 0.4) is 0 Å². The van der Waals surface area contributed by atoms with Gasteiger partial charge in [-0.25, -0.2) is 0 Å². The fourth-order valence-electron chi connectivity index (χ4n) is 4.08. The highest BCUT2D eigenvalue weighted by Gasteiger charge is 2.38. The molecular weight excluding hydrogens is 288 g/mol. The normalized spacial score (nSPS) is 29.4. The van der Waals surface area contributed by atoms with E-state index in [1.54, 1.807) is 0 Å². The van der Waals surface area contributed by atoms with Crippen molar-refractivity contribution >= 4 is 11.6 Å². The maximum Gasteiger partial charge on any atom is 0.244 e. The van der Waals surface area contributed by atoms with Gasteiger partial charge < -0.3 is 10.0 Å². The third-order valence-electron chi connectivity index (χ3n) is 5.54. The summed E-state index contributed by atoms with van der Waals surface area (Å²) >= 11 is 0. The minimum atomic E-state index is -0.144. The van der Waals surface area contributed by atoms with E-state index in [0.717, 1.165) is 38.0 Å². The van der Waals surface area contributed by atoms with Gasteiger partial charge in [-0.05, 0) is 51.3 Å². The minimum Gasteiger partial charge on any atom is -0.396 e. The van der Waals surface area contributed by atoms with E-state index in [4.69, 9.17) is 0 Å². The standard InChI is InChI=1S/C19H28N2O2/c1-14-11-16-7-4-5-8-17(16)21(14)18(23)15(2)20-10-6-9-19(3,12-20)13-22/h4-5,7-8,14-15,22H,6,9-13H2,1-3H3. The number of carbonyl (C=O) groups excluding carboxylic acids is 1. The smallest absolute Gasteiger partial charge is 0.244 e. The van der Waals surface area contributed by atoms with E-state index < -0.39 is 0 Å². The van der Waals surface area contributed by atoms with Crippen molar-refractivity contribution in [2.45, 2.75) is 52.1 Å². The van der Waals surface area contributed by atoms with Crippen molar-refractivity contribution < 1.29 is 9.90 Å². The Morgan fingerprint density at radius 2 is 2.17 bits per heavy atom. The Labute approximate surface area is 139 Å². The summed E-state index contributed by atoms with van der Waals surface area (Å²) in [7, 11) is 0. The zero-order chi connectivity index (χ0) is 16.6. The molecule has 1 fully saturated rings. The van der Waals surface area contributed by atoms with Gasteiger partial charge in [0, 0.05) is 30.3 Å². The molecule has 3 atom stereocenters. The molecule has 1 amide bonds. The maximum atomic E-state index is 13.1. The number of hydrogen-bond acceptors (Lipinski definition) is 3. The lowest BCUT2D eigenvalue weighted by Gasteiger charge is -2.42. The van der Waals surface area contributed by atoms with Crippen LogP contribution in [0.2, 0.25) is 0 Å². The van der Waals surface area contributed by atoms with Crippen molar-refractivity contribution in [1.29, 1.82) is 0 Å². The molecule has 0 bridgehead atoms. The number of likely N-dealkylation sites (tertiary alicyclic amines) is 1. The van der Waals surface area contributed by atoms with Crippen molar-refractivity contribution in [3.05, 3.63) is 29.8 Å². The molecule has 2 aliphatic heterocycles. The summed E-state index contributed by atoms with van der Waals surface area (Å²) in [6, 6.07) is 8.29. The molecule has 0 aromatic heterocycles. The van der Waals surface area contributed by atoms with Crippen molar-refractivity contribution in [1.82, 2.24) is 4.90 Å². The highest BCUT2D eigenvalue weighted by atomic mass is 16.3. The molecule has 3 rings (SSSR count). The third-order valence-corrected chi connectivity index (χ3v) is 5.54. The first-order valence-corrected chi connectivity index (χ1v) is 8.71. The van der Waals surface area contributed by atoms with E-state index in [9.17, 15) is 9.90 Å². The average molecular weight is 316 g/mol. The monoisotopic (exact) mass is 316 g/mol. The van der Waals surface area contributed by atoms with Crippen LogP contribution in [0.25, 0.3) is 0 Å². The Morgan fingerprint density at radius 3 is 2.91 bits per heavy atom. The second-order valence-corrected chi connectivity index (χ2v) is 7.61. The predicted octanol–water partition coefficient (Wildman–Crippen LogP) is 2.45. The molecule has 4 heteroatoms. The summed E-state index contributed by atoms with van der Waals surface area (Å²) in [5.74, 6) is 0.185. The second-order valence-electron chi connectivity index (χ2n) is 7.61. The molecule has 1 aromatic rings. The molecule has 4 nitrogen and oxygen atoms in total. The van der Waals surface area contributed by atoms with Gasteiger partial charge in [-0.15, -0.1) is 0 Å². The summed E-state index contributed by atoms with van der Waals surface area (Å²) in [4.78, 5) is 17.4. The summed E-state index contributed by atoms with van der Waals surface area (Å²) < 4.78 is 0. The van der Waals surface area contributed by atoms with Crippen LogP contribution < -0.4 is 4.90 Å². The summed E-state index contributed by atoms with van der Waals surface area (Å²) in [6.07, 6.45) is 3.01. The molecule has 0 aliphatic carbocycles. The summed E-state index contributed by atoms with van der Waals surface area (Å²) in [6.45, 7) is 8.17. The second kappa shape index (κ2) is 6.25. The average Bonchev–Trinajstić information content (AvgIpc) is 2.89. The zero-order valence-corrected chi connectivity index (χ0v) is 14.5. The molecule has 1 saturated heterocycles. The Balaban J connectivity index is 1.78. The van der Waals surface area contributed by atoms with Crippen molar-refractivity contribution in [2.24, 2.45) is 5.41 Å². The van der Waals surface area contributed by atoms with Gasteiger partial charge >= 0.3 is 0 Å². The van der Waals surface area contributed by atoms with Crippen LogP contribution in [0.5, 0.6) is 0 Å². The number of amides is 1. The number of hydrogen-bond donors (Lipinski definition) is 1. The molecule has 1 aromatic carbocycles. The molecule has 23 heavy (non-hydrogen) atoms. The van der Waals surface area contributed by atoms with Gasteiger partial charge in [0.05, 0.1) is 6.04 Å². The third kappa shape index (κ3) is 3.02. The Hall–Kier alpha value is -1.39. The molecule has 3 unspecified atom stereocenters. The minimum absolute atomic E-state index is 0.0820. The number of piperidine rings is 1. The van der Waals surface area contributed by atoms with Gasteiger partial charge in [0.2, 0.25) is 5.91 Å². The van der Waals surface area contributed by atoms with E-state index >= 15 is 0 Å². The lowest BCUT2D eigenvalue weighted by Crippen LogP contribution is -2.54. The van der Waals surface area contributed by atoms with Crippen LogP contribution in [0.1, 0.15) is 39.2 Å². The van der Waals surface area contributed by atoms with Gasteiger partial charge in [0.15, 0.2) is 0 Å². The van der Waals surface area contributed by atoms with Gasteiger partial charge in [-0.2, -0.15) is 0 Å². The van der Waals surface area contributed by atoms with Crippen LogP contribution in [0.15, 0.2) is 24.3 Å². The summed E-state index contributed by atoms with van der Waals surface area (Å²) in [5, 5.41) is 9.65. The van der Waals surface area contributed by atoms with Crippen molar-refractivity contribution in [2.75, 3.05) is 24.6 Å². The first-order valence-electron chi connectivity index (χ1n) is 8.71. The maximum absolute atomic E-state index is 13.1. The molecule has 2 aliphatic rings. The van der Waals surface area contributed by atoms with Crippen LogP contribution >= 0.6 is 0 Å². The van der Waals surface area contributed by atoms with Crippen LogP contribution in [-0.2, 0) is 11.2 Å². The Bertz CT molecular complexity index is 588. The molecule has 126 valence electrons. The fraction of sp³-hybridized carbons (Fsp3) is 0.632. The number of anilines is 1. The largest absolute Gasteiger partial charge is 0.396 e. The molecule has 1 N–H and O–H groups in total. The topological polar surface area (TPSA) is 43.8 Å². The number of carbonyl (C=O) groups is 1. The van der Waals surface area contributed by atoms with Crippen LogP contribution in [-0.4, -0.2) is 47.7 Å². The zero-order valence-electron chi connectivity index (χ0n) is 14.5.